The van der Waals surface area contributed by atoms with Crippen LogP contribution in [0.1, 0.15) is 18.7 Å². The Kier molecular flexibility index (Phi) is 3.11. The standard InChI is InChI=1S/C14H17NO3S/c1-10-7-15-12(9-19(16,17)8-10)14-6-11-4-2-3-5-13(11)18-14/h2-6,10,12,15H,7-9H2,1H3. The molecule has 2 aromatic rings. The van der Waals surface area contributed by atoms with Gasteiger partial charge >= 0.3 is 0 Å². The largest absolute Gasteiger partial charge is 0.459 e. The van der Waals surface area contributed by atoms with E-state index in [1.807, 2.05) is 37.3 Å². The van der Waals surface area contributed by atoms with Gasteiger partial charge in [-0.15, -0.1) is 0 Å². The zero-order valence-corrected chi connectivity index (χ0v) is 11.6. The molecular formula is C14H17NO3S. The molecule has 0 radical (unpaired) electrons. The number of sulfone groups is 1. The second-order valence-electron chi connectivity index (χ2n) is 5.33. The molecule has 1 N–H and O–H groups in total. The van der Waals surface area contributed by atoms with Crippen LogP contribution in [0.5, 0.6) is 0 Å². The average molecular weight is 279 g/mol. The number of nitrogens with one attached hydrogen (secondary N) is 1. The fourth-order valence-corrected chi connectivity index (χ4v) is 4.48. The minimum Gasteiger partial charge on any atom is -0.459 e. The Labute approximate surface area is 112 Å². The molecule has 0 spiro atoms. The molecular weight excluding hydrogens is 262 g/mol. The van der Waals surface area contributed by atoms with Crippen LogP contribution in [0.25, 0.3) is 11.0 Å². The zero-order chi connectivity index (χ0) is 13.5. The van der Waals surface area contributed by atoms with Crippen LogP contribution in [-0.4, -0.2) is 26.5 Å². The fourth-order valence-electron chi connectivity index (χ4n) is 2.57. The fraction of sp³-hybridized carbons (Fsp3) is 0.429. The molecule has 4 nitrogen and oxygen atoms in total. The van der Waals surface area contributed by atoms with E-state index >= 15 is 0 Å². The highest BCUT2D eigenvalue weighted by atomic mass is 32.2. The first-order chi connectivity index (χ1) is 9.03. The first-order valence-electron chi connectivity index (χ1n) is 6.46. The molecule has 0 saturated carbocycles. The van der Waals surface area contributed by atoms with Gasteiger partial charge in [0.25, 0.3) is 0 Å². The van der Waals surface area contributed by atoms with Crippen molar-refractivity contribution < 1.29 is 12.8 Å². The van der Waals surface area contributed by atoms with Gasteiger partial charge in [0.05, 0.1) is 17.5 Å². The Morgan fingerprint density at radius 3 is 2.84 bits per heavy atom. The number of rotatable bonds is 1. The summed E-state index contributed by atoms with van der Waals surface area (Å²) in [5.41, 5.74) is 0.800. The molecule has 1 aromatic heterocycles. The Hall–Kier alpha value is -1.33. The molecule has 1 saturated heterocycles. The molecule has 5 heteroatoms. The molecule has 0 bridgehead atoms. The maximum atomic E-state index is 12.0. The number of hydrogen-bond acceptors (Lipinski definition) is 4. The van der Waals surface area contributed by atoms with E-state index in [-0.39, 0.29) is 23.5 Å². The van der Waals surface area contributed by atoms with E-state index in [2.05, 4.69) is 5.32 Å². The summed E-state index contributed by atoms with van der Waals surface area (Å²) in [7, 11) is -3.03. The highest BCUT2D eigenvalue weighted by molar-refractivity contribution is 7.91. The first kappa shape index (κ1) is 12.7. The van der Waals surface area contributed by atoms with Crippen molar-refractivity contribution in [1.29, 1.82) is 0 Å². The van der Waals surface area contributed by atoms with Gasteiger partial charge in [-0.1, -0.05) is 25.1 Å². The first-order valence-corrected chi connectivity index (χ1v) is 8.28. The number of para-hydroxylation sites is 1. The van der Waals surface area contributed by atoms with Gasteiger partial charge in [-0.3, -0.25) is 0 Å². The minimum absolute atomic E-state index is 0.108. The van der Waals surface area contributed by atoms with Crippen molar-refractivity contribution in [2.45, 2.75) is 13.0 Å². The Bertz CT molecular complexity index is 657. The molecule has 2 heterocycles. The minimum atomic E-state index is -3.03. The van der Waals surface area contributed by atoms with E-state index in [1.165, 1.54) is 0 Å². The number of hydrogen-bond donors (Lipinski definition) is 1. The summed E-state index contributed by atoms with van der Waals surface area (Å²) in [5, 5.41) is 4.30. The van der Waals surface area contributed by atoms with Gasteiger partial charge < -0.3 is 9.73 Å². The predicted octanol–water partition coefficient (Wildman–Crippen LogP) is 2.13. The van der Waals surface area contributed by atoms with Crippen molar-refractivity contribution in [3.05, 3.63) is 36.1 Å². The lowest BCUT2D eigenvalue weighted by Crippen LogP contribution is -2.25. The van der Waals surface area contributed by atoms with Gasteiger partial charge in [0.1, 0.15) is 11.3 Å². The summed E-state index contributed by atoms with van der Waals surface area (Å²) < 4.78 is 29.8. The van der Waals surface area contributed by atoms with Crippen LogP contribution in [0.3, 0.4) is 0 Å². The summed E-state index contributed by atoms with van der Waals surface area (Å²) in [6.45, 7) is 2.65. The summed E-state index contributed by atoms with van der Waals surface area (Å²) in [6, 6.07) is 9.40. The second-order valence-corrected chi connectivity index (χ2v) is 7.48. The highest BCUT2D eigenvalue weighted by Gasteiger charge is 2.29. The van der Waals surface area contributed by atoms with E-state index in [0.29, 0.717) is 12.3 Å². The van der Waals surface area contributed by atoms with Crippen LogP contribution in [-0.2, 0) is 9.84 Å². The van der Waals surface area contributed by atoms with Crippen LogP contribution in [0, 0.1) is 5.92 Å². The third-order valence-corrected chi connectivity index (χ3v) is 5.38. The number of fused-ring (bicyclic) bond motifs is 1. The van der Waals surface area contributed by atoms with Crippen LogP contribution in [0.4, 0.5) is 0 Å². The van der Waals surface area contributed by atoms with Gasteiger partial charge in [-0.25, -0.2) is 8.42 Å². The molecule has 1 aromatic carbocycles. The molecule has 1 aliphatic rings. The van der Waals surface area contributed by atoms with E-state index < -0.39 is 9.84 Å². The molecule has 3 rings (SSSR count). The lowest BCUT2D eigenvalue weighted by atomic mass is 10.2. The van der Waals surface area contributed by atoms with E-state index in [0.717, 1.165) is 11.0 Å². The molecule has 1 fully saturated rings. The maximum absolute atomic E-state index is 12.0. The summed E-state index contributed by atoms with van der Waals surface area (Å²) in [5.74, 6) is 1.20. The summed E-state index contributed by atoms with van der Waals surface area (Å²) in [4.78, 5) is 0. The van der Waals surface area contributed by atoms with Crippen LogP contribution in [0.15, 0.2) is 34.7 Å². The third kappa shape index (κ3) is 2.67. The van der Waals surface area contributed by atoms with Gasteiger partial charge in [-0.05, 0) is 24.6 Å². The Morgan fingerprint density at radius 2 is 2.05 bits per heavy atom. The lowest BCUT2D eigenvalue weighted by molar-refractivity contribution is 0.439. The smallest absolute Gasteiger partial charge is 0.152 e. The molecule has 0 amide bonds. The Morgan fingerprint density at radius 1 is 1.26 bits per heavy atom. The summed E-state index contributed by atoms with van der Waals surface area (Å²) in [6.07, 6.45) is 0. The maximum Gasteiger partial charge on any atom is 0.152 e. The molecule has 0 aliphatic carbocycles. The van der Waals surface area contributed by atoms with Crippen LogP contribution < -0.4 is 5.32 Å². The molecule has 19 heavy (non-hydrogen) atoms. The van der Waals surface area contributed by atoms with Crippen molar-refractivity contribution in [3.8, 4) is 0 Å². The topological polar surface area (TPSA) is 59.3 Å². The molecule has 102 valence electrons. The number of benzene rings is 1. The van der Waals surface area contributed by atoms with Crippen molar-refractivity contribution in [2.24, 2.45) is 5.92 Å². The van der Waals surface area contributed by atoms with E-state index in [4.69, 9.17) is 4.42 Å². The lowest BCUT2D eigenvalue weighted by Gasteiger charge is -2.12. The normalized spacial score (nSPS) is 27.2. The van der Waals surface area contributed by atoms with Crippen molar-refractivity contribution in [2.75, 3.05) is 18.1 Å². The average Bonchev–Trinajstić information content (AvgIpc) is 2.71. The molecule has 2 unspecified atom stereocenters. The van der Waals surface area contributed by atoms with Crippen molar-refractivity contribution in [3.63, 3.8) is 0 Å². The second kappa shape index (κ2) is 4.65. The van der Waals surface area contributed by atoms with Gasteiger partial charge in [0.15, 0.2) is 9.84 Å². The molecule has 1 aliphatic heterocycles. The van der Waals surface area contributed by atoms with Crippen LogP contribution >= 0.6 is 0 Å². The quantitative estimate of drug-likeness (QED) is 0.868. The van der Waals surface area contributed by atoms with Crippen LogP contribution in [0.2, 0.25) is 0 Å². The van der Waals surface area contributed by atoms with Gasteiger partial charge in [0.2, 0.25) is 0 Å². The van der Waals surface area contributed by atoms with Crippen molar-refractivity contribution >= 4 is 20.8 Å². The van der Waals surface area contributed by atoms with Crippen molar-refractivity contribution in [1.82, 2.24) is 5.32 Å². The summed E-state index contributed by atoms with van der Waals surface area (Å²) >= 11 is 0. The molecule has 2 atom stereocenters. The SMILES string of the molecule is CC1CNC(c2cc3ccccc3o2)CS(=O)(=O)C1. The predicted molar refractivity (Wildman–Crippen MR) is 74.8 cm³/mol. The number of furan rings is 1. The highest BCUT2D eigenvalue weighted by Crippen LogP contribution is 2.26. The van der Waals surface area contributed by atoms with E-state index in [9.17, 15) is 8.42 Å². The third-order valence-electron chi connectivity index (χ3n) is 3.46. The van der Waals surface area contributed by atoms with Gasteiger partial charge in [-0.2, -0.15) is 0 Å². The van der Waals surface area contributed by atoms with Gasteiger partial charge in [0, 0.05) is 5.39 Å². The zero-order valence-electron chi connectivity index (χ0n) is 10.8. The monoisotopic (exact) mass is 279 g/mol. The van der Waals surface area contributed by atoms with E-state index in [1.54, 1.807) is 0 Å². The Balaban J connectivity index is 1.96.